The van der Waals surface area contributed by atoms with Gasteiger partial charge >= 0.3 is 0 Å². The minimum absolute atomic E-state index is 0.0445. The smallest absolute Gasteiger partial charge is 0.274 e. The molecule has 2 aromatic carbocycles. The normalized spacial score (nSPS) is 21.0. The molecule has 2 aromatic heterocycles. The number of aryl methyl sites for hydroxylation is 2. The molecule has 3 heterocycles. The standard InChI is InChI=1S/C26H24N4O3S/c1-14-6-5-7-16(10-14)24-23(28-15(2)34-24)26(32)30-18(11-17-12-20(17)30)13-27-25(31)22-19-8-3-4-9-21(19)33-29-22/h3-10,17-18,20H,11-13H2,1-2H3,(H,27,31)/t17-,18+,20+/m1/s1. The molecule has 6 rings (SSSR count). The van der Waals surface area contributed by atoms with Gasteiger partial charge in [-0.3, -0.25) is 9.59 Å². The third-order valence-electron chi connectivity index (χ3n) is 6.75. The van der Waals surface area contributed by atoms with Crippen LogP contribution in [0.2, 0.25) is 0 Å². The van der Waals surface area contributed by atoms with Crippen LogP contribution in [0.4, 0.5) is 0 Å². The maximum atomic E-state index is 13.8. The highest BCUT2D eigenvalue weighted by atomic mass is 32.1. The summed E-state index contributed by atoms with van der Waals surface area (Å²) in [4.78, 5) is 34.1. The molecule has 1 saturated carbocycles. The van der Waals surface area contributed by atoms with Crippen LogP contribution in [0.1, 0.15) is 44.4 Å². The third-order valence-corrected chi connectivity index (χ3v) is 7.77. The Morgan fingerprint density at radius 1 is 1.12 bits per heavy atom. The summed E-state index contributed by atoms with van der Waals surface area (Å²) in [7, 11) is 0. The average Bonchev–Trinajstić information content (AvgIpc) is 3.17. The Morgan fingerprint density at radius 2 is 1.97 bits per heavy atom. The predicted molar refractivity (Wildman–Crippen MR) is 130 cm³/mol. The van der Waals surface area contributed by atoms with Gasteiger partial charge in [0.15, 0.2) is 11.3 Å². The van der Waals surface area contributed by atoms with E-state index in [0.29, 0.717) is 29.1 Å². The van der Waals surface area contributed by atoms with Gasteiger partial charge in [0.25, 0.3) is 11.8 Å². The van der Waals surface area contributed by atoms with Crippen LogP contribution < -0.4 is 5.32 Å². The fraction of sp³-hybridized carbons (Fsp3) is 0.308. The van der Waals surface area contributed by atoms with Crippen molar-refractivity contribution >= 4 is 34.1 Å². The Balaban J connectivity index is 1.23. The average molecular weight is 473 g/mol. The molecule has 1 aliphatic heterocycles. The van der Waals surface area contributed by atoms with Gasteiger partial charge in [-0.05, 0) is 50.3 Å². The fourth-order valence-corrected chi connectivity index (χ4v) is 5.98. The summed E-state index contributed by atoms with van der Waals surface area (Å²) >= 11 is 1.55. The maximum absolute atomic E-state index is 13.8. The number of benzene rings is 2. The molecule has 2 amide bonds. The number of likely N-dealkylation sites (tertiary alicyclic amines) is 1. The lowest BCUT2D eigenvalue weighted by molar-refractivity contribution is 0.0684. The third kappa shape index (κ3) is 3.58. The van der Waals surface area contributed by atoms with E-state index in [2.05, 4.69) is 21.5 Å². The van der Waals surface area contributed by atoms with E-state index in [-0.39, 0.29) is 29.6 Å². The molecule has 34 heavy (non-hydrogen) atoms. The Hall–Kier alpha value is -3.52. The summed E-state index contributed by atoms with van der Waals surface area (Å²) in [6.07, 6.45) is 1.91. The topological polar surface area (TPSA) is 88.3 Å². The van der Waals surface area contributed by atoms with E-state index in [1.807, 2.05) is 55.1 Å². The largest absolute Gasteiger partial charge is 0.355 e. The number of nitrogens with zero attached hydrogens (tertiary/aromatic N) is 3. The molecule has 1 aliphatic carbocycles. The number of carbonyl (C=O) groups excluding carboxylic acids is 2. The van der Waals surface area contributed by atoms with Crippen LogP contribution in [0.3, 0.4) is 0 Å². The van der Waals surface area contributed by atoms with Crippen molar-refractivity contribution < 1.29 is 14.1 Å². The molecule has 4 aromatic rings. The number of amides is 2. The van der Waals surface area contributed by atoms with Gasteiger partial charge in [-0.15, -0.1) is 11.3 Å². The van der Waals surface area contributed by atoms with Crippen LogP contribution in [0.25, 0.3) is 21.4 Å². The van der Waals surface area contributed by atoms with E-state index in [1.165, 1.54) is 0 Å². The quantitative estimate of drug-likeness (QED) is 0.459. The van der Waals surface area contributed by atoms with Crippen molar-refractivity contribution in [3.05, 3.63) is 70.5 Å². The molecule has 1 N–H and O–H groups in total. The van der Waals surface area contributed by atoms with Crippen molar-refractivity contribution in [2.45, 2.75) is 38.8 Å². The summed E-state index contributed by atoms with van der Waals surface area (Å²) in [6.45, 7) is 4.36. The van der Waals surface area contributed by atoms with Crippen LogP contribution in [0.15, 0.2) is 53.1 Å². The summed E-state index contributed by atoms with van der Waals surface area (Å²) in [5.41, 5.74) is 3.52. The highest BCUT2D eigenvalue weighted by Crippen LogP contribution is 2.48. The highest BCUT2D eigenvalue weighted by Gasteiger charge is 2.54. The van der Waals surface area contributed by atoms with E-state index in [0.717, 1.165) is 33.9 Å². The first-order valence-electron chi connectivity index (χ1n) is 11.5. The van der Waals surface area contributed by atoms with E-state index < -0.39 is 0 Å². The van der Waals surface area contributed by atoms with Gasteiger partial charge in [0, 0.05) is 12.6 Å². The molecule has 0 bridgehead atoms. The van der Waals surface area contributed by atoms with Crippen molar-refractivity contribution in [3.63, 3.8) is 0 Å². The van der Waals surface area contributed by atoms with Gasteiger partial charge in [-0.2, -0.15) is 0 Å². The Morgan fingerprint density at radius 3 is 2.82 bits per heavy atom. The second-order valence-electron chi connectivity index (χ2n) is 9.18. The SMILES string of the molecule is Cc1cccc(-c2sc(C)nc2C(=O)N2[C@H](CNC(=O)c3noc4ccccc34)C[C@@H]3C[C@@H]32)c1. The first-order chi connectivity index (χ1) is 16.5. The zero-order chi connectivity index (χ0) is 23.4. The van der Waals surface area contributed by atoms with Crippen LogP contribution in [0.5, 0.6) is 0 Å². The molecule has 3 atom stereocenters. The zero-order valence-corrected chi connectivity index (χ0v) is 19.8. The van der Waals surface area contributed by atoms with Crippen LogP contribution >= 0.6 is 11.3 Å². The van der Waals surface area contributed by atoms with Crippen LogP contribution in [-0.4, -0.2) is 45.5 Å². The number of para-hydroxylation sites is 1. The molecule has 7 nitrogen and oxygen atoms in total. The molecule has 0 unspecified atom stereocenters. The first kappa shape index (κ1) is 21.0. The first-order valence-corrected chi connectivity index (χ1v) is 12.3. The number of carbonyl (C=O) groups is 2. The van der Waals surface area contributed by atoms with Crippen LogP contribution in [0, 0.1) is 19.8 Å². The summed E-state index contributed by atoms with van der Waals surface area (Å²) in [5, 5.41) is 8.48. The predicted octanol–water partition coefficient (Wildman–Crippen LogP) is 4.60. The fourth-order valence-electron chi connectivity index (χ4n) is 5.08. The number of hydrogen-bond donors (Lipinski definition) is 1. The zero-order valence-electron chi connectivity index (χ0n) is 18.9. The van der Waals surface area contributed by atoms with Gasteiger partial charge in [-0.25, -0.2) is 4.98 Å². The summed E-state index contributed by atoms with van der Waals surface area (Å²) < 4.78 is 5.27. The molecular weight excluding hydrogens is 448 g/mol. The van der Waals surface area contributed by atoms with Crippen molar-refractivity contribution in [1.82, 2.24) is 20.4 Å². The highest BCUT2D eigenvalue weighted by molar-refractivity contribution is 7.15. The van der Waals surface area contributed by atoms with E-state index in [9.17, 15) is 9.59 Å². The van der Waals surface area contributed by atoms with Crippen molar-refractivity contribution in [1.29, 1.82) is 0 Å². The van der Waals surface area contributed by atoms with E-state index in [4.69, 9.17) is 4.52 Å². The minimum Gasteiger partial charge on any atom is -0.355 e. The monoisotopic (exact) mass is 472 g/mol. The van der Waals surface area contributed by atoms with Gasteiger partial charge in [0.05, 0.1) is 21.3 Å². The van der Waals surface area contributed by atoms with Crippen molar-refractivity contribution in [2.75, 3.05) is 6.54 Å². The number of aromatic nitrogens is 2. The molecular formula is C26H24N4O3S. The molecule has 0 spiro atoms. The lowest BCUT2D eigenvalue weighted by Crippen LogP contribution is -2.45. The summed E-state index contributed by atoms with van der Waals surface area (Å²) in [5.74, 6) is 0.167. The molecule has 0 radical (unpaired) electrons. The van der Waals surface area contributed by atoms with Gasteiger partial charge < -0.3 is 14.7 Å². The number of piperidine rings is 1. The number of hydrogen-bond acceptors (Lipinski definition) is 6. The molecule has 8 heteroatoms. The number of fused-ring (bicyclic) bond motifs is 2. The van der Waals surface area contributed by atoms with Crippen LogP contribution in [-0.2, 0) is 0 Å². The van der Waals surface area contributed by atoms with E-state index in [1.54, 1.807) is 17.4 Å². The lowest BCUT2D eigenvalue weighted by atomic mass is 10.1. The van der Waals surface area contributed by atoms with Crippen molar-refractivity contribution in [3.8, 4) is 10.4 Å². The van der Waals surface area contributed by atoms with Gasteiger partial charge in [-0.1, -0.05) is 47.1 Å². The Labute approximate surface area is 200 Å². The maximum Gasteiger partial charge on any atom is 0.274 e. The van der Waals surface area contributed by atoms with Crippen molar-refractivity contribution in [2.24, 2.45) is 5.92 Å². The second-order valence-corrected chi connectivity index (χ2v) is 10.4. The second kappa shape index (κ2) is 8.06. The number of thiazole rings is 1. The van der Waals surface area contributed by atoms with Gasteiger partial charge in [0.1, 0.15) is 5.69 Å². The van der Waals surface area contributed by atoms with Gasteiger partial charge in [0.2, 0.25) is 0 Å². The molecule has 172 valence electrons. The molecule has 2 aliphatic rings. The Kier molecular flexibility index (Phi) is 4.99. The number of rotatable bonds is 5. The number of nitrogens with one attached hydrogen (secondary N) is 1. The minimum atomic E-state index is -0.289. The summed E-state index contributed by atoms with van der Waals surface area (Å²) in [6, 6.07) is 15.6. The lowest BCUT2D eigenvalue weighted by Gasteiger charge is -2.27. The van der Waals surface area contributed by atoms with E-state index >= 15 is 0 Å². The molecule has 2 fully saturated rings. The molecule has 1 saturated heterocycles. The Bertz CT molecular complexity index is 1420.